The number of fused-ring (bicyclic) bond motifs is 1. The van der Waals surface area contributed by atoms with Gasteiger partial charge in [-0.25, -0.2) is 0 Å². The molecule has 17 heavy (non-hydrogen) atoms. The summed E-state index contributed by atoms with van der Waals surface area (Å²) < 4.78 is 2.37. The molecule has 0 fully saturated rings. The third kappa shape index (κ3) is 1.89. The Bertz CT molecular complexity index is 513. The van der Waals surface area contributed by atoms with Crippen molar-refractivity contribution in [3.8, 4) is 0 Å². The maximum absolute atomic E-state index is 3.66. The molecule has 1 aromatic carbocycles. The Morgan fingerprint density at radius 1 is 1.18 bits per heavy atom. The van der Waals surface area contributed by atoms with Crippen molar-refractivity contribution >= 4 is 0 Å². The predicted octanol–water partition coefficient (Wildman–Crippen LogP) is 2.88. The molecule has 88 valence electrons. The maximum atomic E-state index is 3.66. The van der Waals surface area contributed by atoms with Crippen LogP contribution in [0.4, 0.5) is 0 Å². The molecule has 0 radical (unpaired) electrons. The summed E-state index contributed by atoms with van der Waals surface area (Å²) in [6.45, 7) is 4.40. The van der Waals surface area contributed by atoms with Crippen molar-refractivity contribution in [1.82, 2.24) is 9.88 Å². The van der Waals surface area contributed by atoms with Crippen LogP contribution in [0.1, 0.15) is 29.3 Å². The van der Waals surface area contributed by atoms with Gasteiger partial charge in [0.05, 0.1) is 6.04 Å². The van der Waals surface area contributed by atoms with E-state index in [-0.39, 0.29) is 0 Å². The summed E-state index contributed by atoms with van der Waals surface area (Å²) in [6, 6.07) is 13.4. The Balaban J connectivity index is 2.07. The van der Waals surface area contributed by atoms with Gasteiger partial charge in [-0.05, 0) is 43.1 Å². The monoisotopic (exact) mass is 226 g/mol. The SMILES string of the molecule is Cc1ccccc1C1NCCCn2cccc21. The average molecular weight is 226 g/mol. The molecule has 1 aliphatic heterocycles. The zero-order chi connectivity index (χ0) is 11.7. The van der Waals surface area contributed by atoms with E-state index in [1.807, 2.05) is 0 Å². The lowest BCUT2D eigenvalue weighted by atomic mass is 9.99. The van der Waals surface area contributed by atoms with Gasteiger partial charge in [0.15, 0.2) is 0 Å². The molecule has 0 saturated carbocycles. The second-order valence-corrected chi connectivity index (χ2v) is 4.72. The maximum Gasteiger partial charge on any atom is 0.0733 e. The largest absolute Gasteiger partial charge is 0.350 e. The lowest BCUT2D eigenvalue weighted by Gasteiger charge is -2.19. The minimum atomic E-state index is 0.341. The lowest BCUT2D eigenvalue weighted by molar-refractivity contribution is 0.607. The minimum Gasteiger partial charge on any atom is -0.350 e. The molecule has 1 aliphatic rings. The molecule has 2 nitrogen and oxygen atoms in total. The third-order valence-electron chi connectivity index (χ3n) is 3.58. The predicted molar refractivity (Wildman–Crippen MR) is 70.1 cm³/mol. The molecular formula is C15H18N2. The van der Waals surface area contributed by atoms with Crippen LogP contribution >= 0.6 is 0 Å². The Labute approximate surface area is 102 Å². The van der Waals surface area contributed by atoms with Gasteiger partial charge in [-0.1, -0.05) is 24.3 Å². The number of aryl methyl sites for hydroxylation is 2. The molecule has 0 amide bonds. The summed E-state index contributed by atoms with van der Waals surface area (Å²) in [4.78, 5) is 0. The first-order valence-corrected chi connectivity index (χ1v) is 6.30. The third-order valence-corrected chi connectivity index (χ3v) is 3.58. The molecule has 0 aliphatic carbocycles. The van der Waals surface area contributed by atoms with E-state index in [1.54, 1.807) is 0 Å². The first-order valence-electron chi connectivity index (χ1n) is 6.30. The number of rotatable bonds is 1. The van der Waals surface area contributed by atoms with Gasteiger partial charge in [-0.15, -0.1) is 0 Å². The van der Waals surface area contributed by atoms with Gasteiger partial charge in [-0.3, -0.25) is 0 Å². The Kier molecular flexibility index (Phi) is 2.73. The van der Waals surface area contributed by atoms with Crippen LogP contribution in [0.5, 0.6) is 0 Å². The highest BCUT2D eigenvalue weighted by molar-refractivity contribution is 5.35. The van der Waals surface area contributed by atoms with Gasteiger partial charge in [0.1, 0.15) is 0 Å². The summed E-state index contributed by atoms with van der Waals surface area (Å²) in [5.74, 6) is 0. The van der Waals surface area contributed by atoms with Crippen LogP contribution < -0.4 is 5.32 Å². The van der Waals surface area contributed by atoms with Crippen molar-refractivity contribution in [2.24, 2.45) is 0 Å². The van der Waals surface area contributed by atoms with Crippen molar-refractivity contribution in [2.45, 2.75) is 25.9 Å². The van der Waals surface area contributed by atoms with E-state index >= 15 is 0 Å². The van der Waals surface area contributed by atoms with Gasteiger partial charge in [0.2, 0.25) is 0 Å². The summed E-state index contributed by atoms with van der Waals surface area (Å²) in [6.07, 6.45) is 3.39. The van der Waals surface area contributed by atoms with Crippen LogP contribution in [0.15, 0.2) is 42.6 Å². The highest BCUT2D eigenvalue weighted by Gasteiger charge is 2.20. The highest BCUT2D eigenvalue weighted by Crippen LogP contribution is 2.26. The van der Waals surface area contributed by atoms with Crippen LogP contribution in [-0.4, -0.2) is 11.1 Å². The number of hydrogen-bond donors (Lipinski definition) is 1. The molecule has 1 atom stereocenters. The molecule has 0 spiro atoms. The molecule has 2 aromatic rings. The number of aromatic nitrogens is 1. The average Bonchev–Trinajstić information content (AvgIpc) is 2.71. The van der Waals surface area contributed by atoms with E-state index in [1.165, 1.54) is 23.2 Å². The van der Waals surface area contributed by atoms with E-state index in [0.29, 0.717) is 6.04 Å². The van der Waals surface area contributed by atoms with Crippen LogP contribution in [0.3, 0.4) is 0 Å². The summed E-state index contributed by atoms with van der Waals surface area (Å²) in [5, 5.41) is 3.66. The molecular weight excluding hydrogens is 208 g/mol. The number of hydrogen-bond acceptors (Lipinski definition) is 1. The topological polar surface area (TPSA) is 17.0 Å². The molecule has 0 saturated heterocycles. The standard InChI is InChI=1S/C15H18N2/c1-12-6-2-3-7-13(12)15-14-8-4-10-17(14)11-5-9-16-15/h2-4,6-8,10,15-16H,5,9,11H2,1H3. The molecule has 1 unspecified atom stereocenters. The molecule has 0 bridgehead atoms. The second kappa shape index (κ2) is 4.38. The number of nitrogens with one attached hydrogen (secondary N) is 1. The van der Waals surface area contributed by atoms with Crippen LogP contribution in [0.25, 0.3) is 0 Å². The van der Waals surface area contributed by atoms with Gasteiger partial charge in [0.25, 0.3) is 0 Å². The summed E-state index contributed by atoms with van der Waals surface area (Å²) >= 11 is 0. The number of benzene rings is 1. The van der Waals surface area contributed by atoms with Gasteiger partial charge >= 0.3 is 0 Å². The van der Waals surface area contributed by atoms with Crippen LogP contribution in [-0.2, 0) is 6.54 Å². The molecule has 2 heterocycles. The van der Waals surface area contributed by atoms with E-state index in [4.69, 9.17) is 0 Å². The first-order chi connectivity index (χ1) is 8.36. The quantitative estimate of drug-likeness (QED) is 0.791. The smallest absolute Gasteiger partial charge is 0.0733 e. The van der Waals surface area contributed by atoms with Crippen LogP contribution in [0, 0.1) is 6.92 Å². The van der Waals surface area contributed by atoms with E-state index in [9.17, 15) is 0 Å². The van der Waals surface area contributed by atoms with E-state index in [0.717, 1.165) is 13.1 Å². The summed E-state index contributed by atoms with van der Waals surface area (Å²) in [7, 11) is 0. The van der Waals surface area contributed by atoms with Crippen molar-refractivity contribution in [3.05, 3.63) is 59.4 Å². The van der Waals surface area contributed by atoms with Gasteiger partial charge in [-0.2, -0.15) is 0 Å². The normalized spacial score (nSPS) is 19.7. The molecule has 1 N–H and O–H groups in total. The zero-order valence-corrected chi connectivity index (χ0v) is 10.2. The Morgan fingerprint density at radius 3 is 2.94 bits per heavy atom. The lowest BCUT2D eigenvalue weighted by Crippen LogP contribution is -2.23. The van der Waals surface area contributed by atoms with Crippen molar-refractivity contribution < 1.29 is 0 Å². The minimum absolute atomic E-state index is 0.341. The Hall–Kier alpha value is -1.54. The highest BCUT2D eigenvalue weighted by atomic mass is 15.1. The van der Waals surface area contributed by atoms with Crippen LogP contribution in [0.2, 0.25) is 0 Å². The Morgan fingerprint density at radius 2 is 2.06 bits per heavy atom. The van der Waals surface area contributed by atoms with Gasteiger partial charge in [0, 0.05) is 18.4 Å². The molecule has 2 heteroatoms. The fourth-order valence-corrected chi connectivity index (χ4v) is 2.67. The van der Waals surface area contributed by atoms with Crippen molar-refractivity contribution in [1.29, 1.82) is 0 Å². The summed E-state index contributed by atoms with van der Waals surface area (Å²) in [5.41, 5.74) is 4.14. The number of nitrogens with zero attached hydrogens (tertiary/aromatic N) is 1. The van der Waals surface area contributed by atoms with Crippen molar-refractivity contribution in [2.75, 3.05) is 6.54 Å². The molecule has 3 rings (SSSR count). The second-order valence-electron chi connectivity index (χ2n) is 4.72. The van der Waals surface area contributed by atoms with Gasteiger partial charge < -0.3 is 9.88 Å². The zero-order valence-electron chi connectivity index (χ0n) is 10.2. The molecule has 1 aromatic heterocycles. The fourth-order valence-electron chi connectivity index (χ4n) is 2.67. The van der Waals surface area contributed by atoms with E-state index < -0.39 is 0 Å². The van der Waals surface area contributed by atoms with Crippen molar-refractivity contribution in [3.63, 3.8) is 0 Å². The fraction of sp³-hybridized carbons (Fsp3) is 0.333. The van der Waals surface area contributed by atoms with E-state index in [2.05, 4.69) is 59.4 Å². The first kappa shape index (κ1) is 10.6.